The number of hydrogen-bond donors (Lipinski definition) is 1. The second-order valence-electron chi connectivity index (χ2n) is 7.78. The summed E-state index contributed by atoms with van der Waals surface area (Å²) in [7, 11) is 0. The zero-order chi connectivity index (χ0) is 20.4. The number of carbonyl (C=O) groups excluding carboxylic acids is 3. The zero-order valence-electron chi connectivity index (χ0n) is 15.8. The SMILES string of the molecule is O=C(COC(=O)[C@@H]1[C@H]2CC[C@@H](C2)[C@H]1C(=O)c1ccccc1)Nc1ccc(Br)cc1. The number of anilines is 1. The molecular formula is C23H22BrNO4. The van der Waals surface area contributed by atoms with Crippen LogP contribution in [-0.4, -0.2) is 24.3 Å². The summed E-state index contributed by atoms with van der Waals surface area (Å²) in [6, 6.07) is 16.3. The smallest absolute Gasteiger partial charge is 0.310 e. The summed E-state index contributed by atoms with van der Waals surface area (Å²) in [6.07, 6.45) is 2.80. The van der Waals surface area contributed by atoms with Crippen LogP contribution < -0.4 is 5.32 Å². The maximum absolute atomic E-state index is 13.1. The number of halogens is 1. The molecule has 2 aromatic rings. The van der Waals surface area contributed by atoms with E-state index in [4.69, 9.17) is 4.74 Å². The number of nitrogens with one attached hydrogen (secondary N) is 1. The summed E-state index contributed by atoms with van der Waals surface area (Å²) in [5.74, 6) is -1.23. The fraction of sp³-hybridized carbons (Fsp3) is 0.348. The van der Waals surface area contributed by atoms with Crippen molar-refractivity contribution < 1.29 is 19.1 Å². The number of fused-ring (bicyclic) bond motifs is 2. The third-order valence-electron chi connectivity index (χ3n) is 6.02. The summed E-state index contributed by atoms with van der Waals surface area (Å²) in [5, 5.41) is 2.70. The molecule has 4 atom stereocenters. The van der Waals surface area contributed by atoms with Crippen LogP contribution in [0, 0.1) is 23.7 Å². The lowest BCUT2D eigenvalue weighted by molar-refractivity contribution is -0.154. The lowest BCUT2D eigenvalue weighted by Gasteiger charge is -2.28. The fourth-order valence-electron chi connectivity index (χ4n) is 4.77. The lowest BCUT2D eigenvalue weighted by atomic mass is 9.75. The molecule has 0 heterocycles. The van der Waals surface area contributed by atoms with Crippen molar-refractivity contribution in [1.29, 1.82) is 0 Å². The number of rotatable bonds is 6. The topological polar surface area (TPSA) is 72.5 Å². The number of ether oxygens (including phenoxy) is 1. The number of carbonyl (C=O) groups is 3. The molecule has 29 heavy (non-hydrogen) atoms. The van der Waals surface area contributed by atoms with Gasteiger partial charge in [-0.15, -0.1) is 0 Å². The molecule has 6 heteroatoms. The van der Waals surface area contributed by atoms with Crippen molar-refractivity contribution in [1.82, 2.24) is 0 Å². The molecule has 2 bridgehead atoms. The monoisotopic (exact) mass is 455 g/mol. The molecule has 1 amide bonds. The molecule has 4 rings (SSSR count). The van der Waals surface area contributed by atoms with Crippen LogP contribution in [0.2, 0.25) is 0 Å². The molecule has 0 aliphatic heterocycles. The molecule has 150 valence electrons. The summed E-state index contributed by atoms with van der Waals surface area (Å²) < 4.78 is 6.25. The normalized spacial score (nSPS) is 24.9. The first-order valence-corrected chi connectivity index (χ1v) is 10.6. The van der Waals surface area contributed by atoms with E-state index in [2.05, 4.69) is 21.2 Å². The van der Waals surface area contributed by atoms with E-state index < -0.39 is 17.8 Å². The standard InChI is InChI=1S/C23H22BrNO4/c24-17-8-10-18(11-9-17)25-19(26)13-29-23(28)21-16-7-6-15(12-16)20(21)22(27)14-4-2-1-3-5-14/h1-5,8-11,15-16,20-21H,6-7,12-13H2,(H,25,26)/t15-,16-,20+,21+/m0/s1. The first-order chi connectivity index (χ1) is 14.0. The van der Waals surface area contributed by atoms with E-state index in [1.807, 2.05) is 30.3 Å². The second-order valence-corrected chi connectivity index (χ2v) is 8.69. The van der Waals surface area contributed by atoms with Gasteiger partial charge in [0.2, 0.25) is 0 Å². The van der Waals surface area contributed by atoms with Crippen LogP contribution in [0.5, 0.6) is 0 Å². The van der Waals surface area contributed by atoms with Gasteiger partial charge in [0.1, 0.15) is 0 Å². The van der Waals surface area contributed by atoms with Crippen molar-refractivity contribution in [3.63, 3.8) is 0 Å². The van der Waals surface area contributed by atoms with E-state index >= 15 is 0 Å². The third kappa shape index (κ3) is 4.27. The highest BCUT2D eigenvalue weighted by Gasteiger charge is 2.54. The maximum Gasteiger partial charge on any atom is 0.310 e. The van der Waals surface area contributed by atoms with E-state index in [-0.39, 0.29) is 30.1 Å². The van der Waals surface area contributed by atoms with E-state index in [9.17, 15) is 14.4 Å². The van der Waals surface area contributed by atoms with E-state index in [1.165, 1.54) is 0 Å². The first-order valence-electron chi connectivity index (χ1n) is 9.84. The van der Waals surface area contributed by atoms with Gasteiger partial charge < -0.3 is 10.1 Å². The van der Waals surface area contributed by atoms with Crippen LogP contribution in [0.25, 0.3) is 0 Å². The molecule has 0 saturated heterocycles. The Hall–Kier alpha value is -2.47. The molecule has 0 radical (unpaired) electrons. The van der Waals surface area contributed by atoms with Crippen LogP contribution in [0.15, 0.2) is 59.1 Å². The fourth-order valence-corrected chi connectivity index (χ4v) is 5.03. The van der Waals surface area contributed by atoms with Crippen molar-refractivity contribution >= 4 is 39.3 Å². The van der Waals surface area contributed by atoms with Gasteiger partial charge >= 0.3 is 5.97 Å². The lowest BCUT2D eigenvalue weighted by Crippen LogP contribution is -2.37. The first kappa shape index (κ1) is 19.8. The summed E-state index contributed by atoms with van der Waals surface area (Å²) in [4.78, 5) is 38.0. The van der Waals surface area contributed by atoms with Crippen molar-refractivity contribution in [3.8, 4) is 0 Å². The van der Waals surface area contributed by atoms with Gasteiger partial charge in [-0.1, -0.05) is 46.3 Å². The Labute approximate surface area is 178 Å². The van der Waals surface area contributed by atoms with E-state index in [1.54, 1.807) is 24.3 Å². The summed E-state index contributed by atoms with van der Waals surface area (Å²) >= 11 is 3.34. The summed E-state index contributed by atoms with van der Waals surface area (Å²) in [5.41, 5.74) is 1.27. The number of amides is 1. The maximum atomic E-state index is 13.1. The Kier molecular flexibility index (Phi) is 5.81. The Morgan fingerprint density at radius 3 is 2.28 bits per heavy atom. The largest absolute Gasteiger partial charge is 0.455 e. The van der Waals surface area contributed by atoms with Gasteiger partial charge in [-0.25, -0.2) is 0 Å². The predicted octanol–water partition coefficient (Wildman–Crippen LogP) is 4.48. The Balaban J connectivity index is 1.39. The van der Waals surface area contributed by atoms with Crippen LogP contribution in [-0.2, 0) is 14.3 Å². The summed E-state index contributed by atoms with van der Waals surface area (Å²) in [6.45, 7) is -0.352. The number of ketones is 1. The number of Topliss-reactive ketones (excluding diaryl/α,β-unsaturated/α-hetero) is 1. The van der Waals surface area contributed by atoms with Crippen LogP contribution in [0.1, 0.15) is 29.6 Å². The quantitative estimate of drug-likeness (QED) is 0.514. The molecule has 2 fully saturated rings. The molecule has 2 aliphatic carbocycles. The van der Waals surface area contributed by atoms with Crippen molar-refractivity contribution in [2.75, 3.05) is 11.9 Å². The van der Waals surface area contributed by atoms with E-state index in [0.29, 0.717) is 11.3 Å². The second kappa shape index (κ2) is 8.49. The predicted molar refractivity (Wildman–Crippen MR) is 112 cm³/mol. The van der Waals surface area contributed by atoms with Gasteiger partial charge in [0.05, 0.1) is 5.92 Å². The van der Waals surface area contributed by atoms with E-state index in [0.717, 1.165) is 23.7 Å². The molecule has 0 unspecified atom stereocenters. The highest BCUT2D eigenvalue weighted by molar-refractivity contribution is 9.10. The van der Waals surface area contributed by atoms with Gasteiger partial charge in [0.25, 0.3) is 5.91 Å². The minimum atomic E-state index is -0.457. The molecule has 2 aromatic carbocycles. The van der Waals surface area contributed by atoms with Gasteiger partial charge in [0, 0.05) is 21.6 Å². The Bertz CT molecular complexity index is 912. The van der Waals surface area contributed by atoms with Crippen LogP contribution in [0.3, 0.4) is 0 Å². The molecule has 0 spiro atoms. The number of hydrogen-bond acceptors (Lipinski definition) is 4. The molecule has 5 nitrogen and oxygen atoms in total. The molecular weight excluding hydrogens is 434 g/mol. The van der Waals surface area contributed by atoms with Gasteiger partial charge in [-0.05, 0) is 55.4 Å². The highest BCUT2D eigenvalue weighted by atomic mass is 79.9. The molecule has 2 saturated carbocycles. The Morgan fingerprint density at radius 2 is 1.59 bits per heavy atom. The van der Waals surface area contributed by atoms with Crippen LogP contribution >= 0.6 is 15.9 Å². The van der Waals surface area contributed by atoms with Crippen molar-refractivity contribution in [3.05, 3.63) is 64.6 Å². The molecule has 2 aliphatic rings. The van der Waals surface area contributed by atoms with Crippen molar-refractivity contribution in [2.45, 2.75) is 19.3 Å². The zero-order valence-corrected chi connectivity index (χ0v) is 17.4. The number of esters is 1. The minimum Gasteiger partial charge on any atom is -0.455 e. The third-order valence-corrected chi connectivity index (χ3v) is 6.55. The Morgan fingerprint density at radius 1 is 0.931 bits per heavy atom. The van der Waals surface area contributed by atoms with Crippen LogP contribution in [0.4, 0.5) is 5.69 Å². The molecule has 1 N–H and O–H groups in total. The van der Waals surface area contributed by atoms with Gasteiger partial charge in [-0.3, -0.25) is 14.4 Å². The molecule has 0 aromatic heterocycles. The minimum absolute atomic E-state index is 0.0130. The van der Waals surface area contributed by atoms with Crippen molar-refractivity contribution in [2.24, 2.45) is 23.7 Å². The van der Waals surface area contributed by atoms with Gasteiger partial charge in [0.15, 0.2) is 12.4 Å². The van der Waals surface area contributed by atoms with Gasteiger partial charge in [-0.2, -0.15) is 0 Å². The highest BCUT2D eigenvalue weighted by Crippen LogP contribution is 2.53. The average Bonchev–Trinajstić information content (AvgIpc) is 3.35. The number of benzene rings is 2. The average molecular weight is 456 g/mol.